The van der Waals surface area contributed by atoms with Gasteiger partial charge in [-0.15, -0.1) is 0 Å². The predicted octanol–water partition coefficient (Wildman–Crippen LogP) is 3.32. The zero-order valence-electron chi connectivity index (χ0n) is 11.0. The lowest BCUT2D eigenvalue weighted by Crippen LogP contribution is -1.98. The third-order valence-electron chi connectivity index (χ3n) is 3.21. The maximum absolute atomic E-state index is 9.23. The minimum absolute atomic E-state index is 0.130. The zero-order valence-corrected chi connectivity index (χ0v) is 11.0. The highest BCUT2D eigenvalue weighted by Crippen LogP contribution is 2.18. The summed E-state index contributed by atoms with van der Waals surface area (Å²) in [6, 6.07) is 12.1. The number of rotatable bonds is 6. The fourth-order valence-corrected chi connectivity index (χ4v) is 2.15. The lowest BCUT2D eigenvalue weighted by atomic mass is 10.0. The first-order valence-corrected chi connectivity index (χ1v) is 6.73. The van der Waals surface area contributed by atoms with Crippen LogP contribution in [0.25, 0.3) is 0 Å². The van der Waals surface area contributed by atoms with Gasteiger partial charge in [0, 0.05) is 6.07 Å². The Kier molecular flexibility index (Phi) is 4.78. The van der Waals surface area contributed by atoms with E-state index in [1.54, 1.807) is 6.07 Å². The van der Waals surface area contributed by atoms with E-state index in [-0.39, 0.29) is 5.75 Å². The van der Waals surface area contributed by atoms with E-state index in [0.717, 1.165) is 31.4 Å². The molecule has 0 aliphatic carbocycles. The lowest BCUT2D eigenvalue weighted by Gasteiger charge is -2.05. The molecule has 1 heterocycles. The fraction of sp³-hybridized carbons (Fsp3) is 0.312. The van der Waals surface area contributed by atoms with Crippen LogP contribution in [0.5, 0.6) is 5.75 Å². The number of anilines is 1. The van der Waals surface area contributed by atoms with Crippen molar-refractivity contribution in [1.82, 2.24) is 4.98 Å². The number of nitrogens with zero attached hydrogens (tertiary/aromatic N) is 1. The molecule has 1 aromatic heterocycles. The number of pyridine rings is 1. The van der Waals surface area contributed by atoms with Crippen molar-refractivity contribution in [2.75, 3.05) is 5.73 Å². The number of benzene rings is 1. The highest BCUT2D eigenvalue weighted by Gasteiger charge is 2.02. The van der Waals surface area contributed by atoms with Gasteiger partial charge in [-0.1, -0.05) is 36.8 Å². The first-order valence-electron chi connectivity index (χ1n) is 6.73. The van der Waals surface area contributed by atoms with Gasteiger partial charge in [-0.2, -0.15) is 0 Å². The maximum Gasteiger partial charge on any atom is 0.135 e. The van der Waals surface area contributed by atoms with Crippen LogP contribution in [-0.4, -0.2) is 10.1 Å². The van der Waals surface area contributed by atoms with Crippen LogP contribution < -0.4 is 5.73 Å². The predicted molar refractivity (Wildman–Crippen MR) is 78.0 cm³/mol. The van der Waals surface area contributed by atoms with Crippen LogP contribution in [0.3, 0.4) is 0 Å². The Morgan fingerprint density at radius 2 is 1.74 bits per heavy atom. The SMILES string of the molecule is Nc1cc(O)cnc1CCCCCc1ccccc1. The average Bonchev–Trinajstić information content (AvgIpc) is 2.42. The molecular weight excluding hydrogens is 236 g/mol. The van der Waals surface area contributed by atoms with E-state index in [1.807, 2.05) is 6.07 Å². The number of nitrogens with two attached hydrogens (primary N) is 1. The van der Waals surface area contributed by atoms with E-state index >= 15 is 0 Å². The fourth-order valence-electron chi connectivity index (χ4n) is 2.15. The van der Waals surface area contributed by atoms with Crippen molar-refractivity contribution in [2.45, 2.75) is 32.1 Å². The van der Waals surface area contributed by atoms with E-state index < -0.39 is 0 Å². The second kappa shape index (κ2) is 6.78. The summed E-state index contributed by atoms with van der Waals surface area (Å²) in [5, 5.41) is 9.23. The van der Waals surface area contributed by atoms with Gasteiger partial charge in [0.15, 0.2) is 0 Å². The van der Waals surface area contributed by atoms with Gasteiger partial charge in [0.1, 0.15) is 5.75 Å². The molecule has 3 heteroatoms. The highest BCUT2D eigenvalue weighted by atomic mass is 16.3. The molecule has 19 heavy (non-hydrogen) atoms. The van der Waals surface area contributed by atoms with Gasteiger partial charge in [-0.25, -0.2) is 0 Å². The number of aryl methyl sites for hydroxylation is 2. The molecule has 0 bridgehead atoms. The number of hydrogen-bond donors (Lipinski definition) is 2. The molecule has 0 atom stereocenters. The van der Waals surface area contributed by atoms with Crippen LogP contribution in [0.2, 0.25) is 0 Å². The zero-order chi connectivity index (χ0) is 13.5. The average molecular weight is 256 g/mol. The Bertz CT molecular complexity index is 511. The second-order valence-corrected chi connectivity index (χ2v) is 4.78. The van der Waals surface area contributed by atoms with Crippen LogP contribution >= 0.6 is 0 Å². The molecule has 0 fully saturated rings. The molecule has 100 valence electrons. The maximum atomic E-state index is 9.23. The molecule has 0 spiro atoms. The Labute approximate surface area is 114 Å². The molecule has 3 nitrogen and oxygen atoms in total. The Morgan fingerprint density at radius 3 is 2.47 bits per heavy atom. The summed E-state index contributed by atoms with van der Waals surface area (Å²) in [4.78, 5) is 4.16. The monoisotopic (exact) mass is 256 g/mol. The summed E-state index contributed by atoms with van der Waals surface area (Å²) in [5.41, 5.74) is 8.67. The first kappa shape index (κ1) is 13.4. The Balaban J connectivity index is 1.69. The summed E-state index contributed by atoms with van der Waals surface area (Å²) in [7, 11) is 0. The van der Waals surface area contributed by atoms with Crippen LogP contribution in [0.15, 0.2) is 42.6 Å². The molecule has 0 aliphatic rings. The van der Waals surface area contributed by atoms with Crippen molar-refractivity contribution in [3.63, 3.8) is 0 Å². The molecule has 0 saturated carbocycles. The summed E-state index contributed by atoms with van der Waals surface area (Å²) >= 11 is 0. The number of aromatic hydroxyl groups is 1. The highest BCUT2D eigenvalue weighted by molar-refractivity contribution is 5.46. The third-order valence-corrected chi connectivity index (χ3v) is 3.21. The van der Waals surface area contributed by atoms with Gasteiger partial charge in [0.25, 0.3) is 0 Å². The largest absolute Gasteiger partial charge is 0.506 e. The molecule has 2 aromatic rings. The molecule has 1 aromatic carbocycles. The van der Waals surface area contributed by atoms with Crippen molar-refractivity contribution in [3.05, 3.63) is 53.9 Å². The molecular formula is C16H20N2O. The third kappa shape index (κ3) is 4.28. The Hall–Kier alpha value is -2.03. The smallest absolute Gasteiger partial charge is 0.135 e. The number of nitrogen functional groups attached to an aromatic ring is 1. The Morgan fingerprint density at radius 1 is 1.00 bits per heavy atom. The van der Waals surface area contributed by atoms with Crippen LogP contribution in [0.1, 0.15) is 30.5 Å². The van der Waals surface area contributed by atoms with Crippen molar-refractivity contribution in [3.8, 4) is 5.75 Å². The van der Waals surface area contributed by atoms with Gasteiger partial charge < -0.3 is 10.8 Å². The first-order chi connectivity index (χ1) is 9.25. The quantitative estimate of drug-likeness (QED) is 0.779. The molecule has 0 radical (unpaired) electrons. The minimum Gasteiger partial charge on any atom is -0.506 e. The van der Waals surface area contributed by atoms with E-state index in [0.29, 0.717) is 5.69 Å². The van der Waals surface area contributed by atoms with E-state index in [1.165, 1.54) is 18.2 Å². The molecule has 3 N–H and O–H groups in total. The van der Waals surface area contributed by atoms with Crippen molar-refractivity contribution in [1.29, 1.82) is 0 Å². The van der Waals surface area contributed by atoms with E-state index in [2.05, 4.69) is 29.2 Å². The van der Waals surface area contributed by atoms with Gasteiger partial charge >= 0.3 is 0 Å². The molecule has 0 amide bonds. The summed E-state index contributed by atoms with van der Waals surface area (Å²) in [5.74, 6) is 0.130. The van der Waals surface area contributed by atoms with Crippen molar-refractivity contribution in [2.24, 2.45) is 0 Å². The number of unbranched alkanes of at least 4 members (excludes halogenated alkanes) is 2. The van der Waals surface area contributed by atoms with E-state index in [4.69, 9.17) is 5.73 Å². The minimum atomic E-state index is 0.130. The number of hydrogen-bond acceptors (Lipinski definition) is 3. The standard InChI is InChI=1S/C16H20N2O/c17-15-11-14(19)12-18-16(15)10-6-2-5-9-13-7-3-1-4-8-13/h1,3-4,7-8,11-12,19H,2,5-6,9-10,17H2. The molecule has 0 unspecified atom stereocenters. The van der Waals surface area contributed by atoms with Crippen molar-refractivity contribution >= 4 is 5.69 Å². The van der Waals surface area contributed by atoms with Gasteiger partial charge in [0.05, 0.1) is 17.6 Å². The van der Waals surface area contributed by atoms with Crippen LogP contribution in [-0.2, 0) is 12.8 Å². The number of aromatic nitrogens is 1. The summed E-state index contributed by atoms with van der Waals surface area (Å²) < 4.78 is 0. The topological polar surface area (TPSA) is 59.1 Å². The lowest BCUT2D eigenvalue weighted by molar-refractivity contribution is 0.472. The molecule has 2 rings (SSSR count). The van der Waals surface area contributed by atoms with Crippen LogP contribution in [0.4, 0.5) is 5.69 Å². The van der Waals surface area contributed by atoms with Crippen molar-refractivity contribution < 1.29 is 5.11 Å². The van der Waals surface area contributed by atoms with Gasteiger partial charge in [0.2, 0.25) is 0 Å². The molecule has 0 aliphatic heterocycles. The summed E-state index contributed by atoms with van der Waals surface area (Å²) in [6.07, 6.45) is 6.88. The van der Waals surface area contributed by atoms with Crippen LogP contribution in [0, 0.1) is 0 Å². The molecule has 0 saturated heterocycles. The second-order valence-electron chi connectivity index (χ2n) is 4.78. The van der Waals surface area contributed by atoms with Gasteiger partial charge in [-0.3, -0.25) is 4.98 Å². The normalized spacial score (nSPS) is 10.5. The van der Waals surface area contributed by atoms with E-state index in [9.17, 15) is 5.11 Å². The summed E-state index contributed by atoms with van der Waals surface area (Å²) in [6.45, 7) is 0. The van der Waals surface area contributed by atoms with Gasteiger partial charge in [-0.05, 0) is 31.2 Å².